The Morgan fingerprint density at radius 1 is 1.09 bits per heavy atom. The van der Waals surface area contributed by atoms with Gasteiger partial charge in [0.05, 0.1) is 5.02 Å². The third-order valence-corrected chi connectivity index (χ3v) is 5.26. The Labute approximate surface area is 156 Å². The minimum absolute atomic E-state index is 0. The highest BCUT2D eigenvalue weighted by molar-refractivity contribution is 6.32. The molecule has 6 heteroatoms. The summed E-state index contributed by atoms with van der Waals surface area (Å²) in [6.45, 7) is 4.32. The van der Waals surface area contributed by atoms with Gasteiger partial charge in [-0.05, 0) is 36.5 Å². The number of phenolic OH excluding ortho intramolecular Hbond substituents is 1. The monoisotopic (exact) mass is 380 g/mol. The van der Waals surface area contributed by atoms with E-state index in [0.717, 1.165) is 32.1 Å². The van der Waals surface area contributed by atoms with Crippen LogP contribution in [0.1, 0.15) is 43.7 Å². The Morgan fingerprint density at radius 3 is 2.35 bits per heavy atom. The molecule has 0 radical (unpaired) electrons. The Kier molecular flexibility index (Phi) is 9.02. The van der Waals surface area contributed by atoms with Crippen LogP contribution in [0.15, 0.2) is 18.2 Å². The Hall–Kier alpha value is -0.190. The number of phenols is 1. The van der Waals surface area contributed by atoms with Crippen LogP contribution in [-0.4, -0.2) is 36.2 Å². The van der Waals surface area contributed by atoms with Gasteiger partial charge in [-0.25, -0.2) is 0 Å². The number of benzene rings is 1. The van der Waals surface area contributed by atoms with Crippen LogP contribution < -0.4 is 5.32 Å². The average Bonchev–Trinajstić information content (AvgIpc) is 2.53. The van der Waals surface area contributed by atoms with Crippen LogP contribution in [0.5, 0.6) is 5.75 Å². The highest BCUT2D eigenvalue weighted by Gasteiger charge is 2.31. The van der Waals surface area contributed by atoms with Gasteiger partial charge in [-0.2, -0.15) is 0 Å². The van der Waals surface area contributed by atoms with Gasteiger partial charge in [0.2, 0.25) is 0 Å². The number of piperazine rings is 1. The predicted molar refractivity (Wildman–Crippen MR) is 101 cm³/mol. The van der Waals surface area contributed by atoms with Gasteiger partial charge < -0.3 is 10.4 Å². The number of halogens is 3. The fraction of sp³-hybridized carbons (Fsp3) is 0.647. The molecule has 1 heterocycles. The van der Waals surface area contributed by atoms with Crippen molar-refractivity contribution >= 4 is 36.4 Å². The van der Waals surface area contributed by atoms with Crippen molar-refractivity contribution < 1.29 is 5.11 Å². The third-order valence-electron chi connectivity index (χ3n) is 4.95. The molecule has 1 saturated heterocycles. The van der Waals surface area contributed by atoms with Crippen LogP contribution >= 0.6 is 36.4 Å². The SMILES string of the molecule is Cl.Cl.Oc1ccc([C@H](C2CCCCC2)N2CCNCC2)cc1Cl. The second kappa shape index (κ2) is 9.95. The molecular weight excluding hydrogens is 355 g/mol. The molecule has 1 aromatic rings. The van der Waals surface area contributed by atoms with Crippen molar-refractivity contribution in [3.05, 3.63) is 28.8 Å². The summed E-state index contributed by atoms with van der Waals surface area (Å²) >= 11 is 6.15. The first-order valence-corrected chi connectivity index (χ1v) is 8.56. The molecule has 132 valence electrons. The summed E-state index contributed by atoms with van der Waals surface area (Å²) in [5.74, 6) is 0.903. The molecular formula is C17H27Cl3N2O. The predicted octanol–water partition coefficient (Wildman–Crippen LogP) is 4.42. The van der Waals surface area contributed by atoms with Crippen molar-refractivity contribution in [2.75, 3.05) is 26.2 Å². The summed E-state index contributed by atoms with van der Waals surface area (Å²) < 4.78 is 0. The van der Waals surface area contributed by atoms with Crippen LogP contribution in [0.3, 0.4) is 0 Å². The van der Waals surface area contributed by atoms with E-state index in [-0.39, 0.29) is 30.6 Å². The van der Waals surface area contributed by atoms with Crippen molar-refractivity contribution in [2.24, 2.45) is 5.92 Å². The van der Waals surface area contributed by atoms with E-state index in [2.05, 4.69) is 16.3 Å². The van der Waals surface area contributed by atoms with Crippen molar-refractivity contribution in [1.29, 1.82) is 0 Å². The van der Waals surface area contributed by atoms with E-state index in [4.69, 9.17) is 11.6 Å². The van der Waals surface area contributed by atoms with E-state index < -0.39 is 0 Å². The summed E-state index contributed by atoms with van der Waals surface area (Å²) in [7, 11) is 0. The molecule has 23 heavy (non-hydrogen) atoms. The van der Waals surface area contributed by atoms with Crippen molar-refractivity contribution in [1.82, 2.24) is 10.2 Å². The van der Waals surface area contributed by atoms with E-state index in [1.165, 1.54) is 37.7 Å². The van der Waals surface area contributed by atoms with Crippen LogP contribution in [0, 0.1) is 5.92 Å². The van der Waals surface area contributed by atoms with E-state index >= 15 is 0 Å². The van der Waals surface area contributed by atoms with E-state index in [9.17, 15) is 5.11 Å². The second-order valence-corrected chi connectivity index (χ2v) is 6.75. The minimum atomic E-state index is 0. The van der Waals surface area contributed by atoms with Crippen LogP contribution in [-0.2, 0) is 0 Å². The zero-order valence-electron chi connectivity index (χ0n) is 13.3. The summed E-state index contributed by atoms with van der Waals surface area (Å²) in [6, 6.07) is 6.22. The Bertz CT molecular complexity index is 457. The van der Waals surface area contributed by atoms with Gasteiger partial charge in [-0.15, -0.1) is 24.8 Å². The lowest BCUT2D eigenvalue weighted by molar-refractivity contribution is 0.103. The maximum atomic E-state index is 9.69. The van der Waals surface area contributed by atoms with Crippen LogP contribution in [0.4, 0.5) is 0 Å². The molecule has 1 aliphatic heterocycles. The van der Waals surface area contributed by atoms with Gasteiger partial charge in [-0.1, -0.05) is 36.9 Å². The van der Waals surface area contributed by atoms with Crippen molar-refractivity contribution in [3.63, 3.8) is 0 Å². The molecule has 0 unspecified atom stereocenters. The quantitative estimate of drug-likeness (QED) is 0.813. The fourth-order valence-electron chi connectivity index (χ4n) is 3.90. The summed E-state index contributed by atoms with van der Waals surface area (Å²) in [4.78, 5) is 2.61. The zero-order valence-corrected chi connectivity index (χ0v) is 15.7. The highest BCUT2D eigenvalue weighted by Crippen LogP contribution is 2.40. The summed E-state index contributed by atoms with van der Waals surface area (Å²) in [5, 5.41) is 13.6. The Balaban J connectivity index is 0.00000132. The molecule has 3 rings (SSSR count). The van der Waals surface area contributed by atoms with Gasteiger partial charge in [0.15, 0.2) is 0 Å². The maximum Gasteiger partial charge on any atom is 0.134 e. The van der Waals surface area contributed by atoms with Gasteiger partial charge in [0, 0.05) is 32.2 Å². The smallest absolute Gasteiger partial charge is 0.134 e. The second-order valence-electron chi connectivity index (χ2n) is 6.34. The van der Waals surface area contributed by atoms with Gasteiger partial charge >= 0.3 is 0 Å². The normalized spacial score (nSPS) is 21.1. The number of nitrogens with zero attached hydrogens (tertiary/aromatic N) is 1. The summed E-state index contributed by atoms with van der Waals surface area (Å²) in [5.41, 5.74) is 1.27. The number of aromatic hydroxyl groups is 1. The standard InChI is InChI=1S/C17H25ClN2O.2ClH/c18-15-12-14(6-7-16(15)21)17(13-4-2-1-3-5-13)20-10-8-19-9-11-20;;/h6-7,12-13,17,19,21H,1-5,8-11H2;2*1H/t17-;;/m0../s1. The van der Waals surface area contributed by atoms with Crippen LogP contribution in [0.25, 0.3) is 0 Å². The molecule has 0 amide bonds. The molecule has 1 saturated carbocycles. The van der Waals surface area contributed by atoms with Gasteiger partial charge in [0.25, 0.3) is 0 Å². The largest absolute Gasteiger partial charge is 0.506 e. The molecule has 1 atom stereocenters. The Morgan fingerprint density at radius 2 is 1.74 bits per heavy atom. The summed E-state index contributed by atoms with van der Waals surface area (Å²) in [6.07, 6.45) is 6.69. The lowest BCUT2D eigenvalue weighted by Crippen LogP contribution is -2.47. The molecule has 0 spiro atoms. The zero-order chi connectivity index (χ0) is 14.7. The average molecular weight is 382 g/mol. The first kappa shape index (κ1) is 20.9. The third kappa shape index (κ3) is 5.14. The molecule has 2 N–H and O–H groups in total. The number of hydrogen-bond acceptors (Lipinski definition) is 3. The van der Waals surface area contributed by atoms with Gasteiger partial charge in [-0.3, -0.25) is 4.90 Å². The van der Waals surface area contributed by atoms with E-state index in [0.29, 0.717) is 11.1 Å². The molecule has 0 bridgehead atoms. The molecule has 0 aromatic heterocycles. The molecule has 1 aliphatic carbocycles. The van der Waals surface area contributed by atoms with E-state index in [1.54, 1.807) is 6.07 Å². The van der Waals surface area contributed by atoms with Crippen molar-refractivity contribution in [3.8, 4) is 5.75 Å². The number of nitrogens with one attached hydrogen (secondary N) is 1. The molecule has 2 aliphatic rings. The topological polar surface area (TPSA) is 35.5 Å². The first-order chi connectivity index (χ1) is 10.3. The van der Waals surface area contributed by atoms with Crippen LogP contribution in [0.2, 0.25) is 5.02 Å². The number of hydrogen-bond donors (Lipinski definition) is 2. The number of rotatable bonds is 3. The lowest BCUT2D eigenvalue weighted by atomic mass is 9.80. The maximum absolute atomic E-state index is 9.69. The van der Waals surface area contributed by atoms with Gasteiger partial charge in [0.1, 0.15) is 5.75 Å². The highest BCUT2D eigenvalue weighted by atomic mass is 35.5. The van der Waals surface area contributed by atoms with Crippen molar-refractivity contribution in [2.45, 2.75) is 38.1 Å². The first-order valence-electron chi connectivity index (χ1n) is 8.19. The van der Waals surface area contributed by atoms with E-state index in [1.807, 2.05) is 6.07 Å². The molecule has 2 fully saturated rings. The lowest BCUT2D eigenvalue weighted by Gasteiger charge is -2.41. The molecule has 1 aromatic carbocycles. The fourth-order valence-corrected chi connectivity index (χ4v) is 4.09. The minimum Gasteiger partial charge on any atom is -0.506 e. The molecule has 3 nitrogen and oxygen atoms in total.